The Balaban J connectivity index is 1.68. The number of ether oxygens (including phenoxy) is 1. The number of piperidine rings is 1. The van der Waals surface area contributed by atoms with Crippen molar-refractivity contribution in [2.75, 3.05) is 31.1 Å². The van der Waals surface area contributed by atoms with Crippen molar-refractivity contribution in [2.24, 2.45) is 0 Å². The van der Waals surface area contributed by atoms with E-state index in [1.165, 1.54) is 4.90 Å². The number of fused-ring (bicyclic) bond motifs is 2. The summed E-state index contributed by atoms with van der Waals surface area (Å²) in [5.74, 6) is 0. The molecule has 0 saturated carbocycles. The molecule has 1 amide bonds. The van der Waals surface area contributed by atoms with Gasteiger partial charge in [-0.15, -0.1) is 0 Å². The van der Waals surface area contributed by atoms with Gasteiger partial charge in [0.15, 0.2) is 0 Å². The number of pyridine rings is 1. The summed E-state index contributed by atoms with van der Waals surface area (Å²) >= 11 is 9.99. The normalized spacial score (nSPS) is 23.6. The van der Waals surface area contributed by atoms with Gasteiger partial charge in [-0.1, -0.05) is 27.5 Å². The Morgan fingerprint density at radius 1 is 1.40 bits per heavy atom. The third kappa shape index (κ3) is 3.05. The van der Waals surface area contributed by atoms with Gasteiger partial charge in [0.25, 0.3) is 0 Å². The topological polar surface area (TPSA) is 65.9 Å². The van der Waals surface area contributed by atoms with Crippen LogP contribution in [-0.2, 0) is 4.74 Å². The van der Waals surface area contributed by atoms with Gasteiger partial charge in [0.2, 0.25) is 0 Å². The summed E-state index contributed by atoms with van der Waals surface area (Å²) < 4.78 is 6.84. The number of morpholine rings is 1. The SMILES string of the molecule is O=C(O)N1CCO[C@H]2CN(c3c(Cl)cnc4ccc(Br)cc34)CC[C@@H]21. The summed E-state index contributed by atoms with van der Waals surface area (Å²) in [4.78, 5) is 19.5. The molecule has 2 fully saturated rings. The number of amides is 1. The van der Waals surface area contributed by atoms with Crippen LogP contribution in [0, 0.1) is 0 Å². The monoisotopic (exact) mass is 425 g/mol. The lowest BCUT2D eigenvalue weighted by Crippen LogP contribution is -2.60. The van der Waals surface area contributed by atoms with E-state index in [0.717, 1.165) is 27.6 Å². The molecule has 0 spiro atoms. The molecule has 2 saturated heterocycles. The zero-order chi connectivity index (χ0) is 17.6. The van der Waals surface area contributed by atoms with E-state index in [0.29, 0.717) is 31.1 Å². The molecule has 8 heteroatoms. The minimum atomic E-state index is -0.872. The number of carboxylic acid groups (broad SMARTS) is 1. The van der Waals surface area contributed by atoms with Gasteiger partial charge in [-0.25, -0.2) is 4.79 Å². The van der Waals surface area contributed by atoms with Crippen molar-refractivity contribution in [3.8, 4) is 0 Å². The fraction of sp³-hybridized carbons (Fsp3) is 0.412. The van der Waals surface area contributed by atoms with Crippen LogP contribution in [0.15, 0.2) is 28.9 Å². The van der Waals surface area contributed by atoms with Gasteiger partial charge in [-0.05, 0) is 24.6 Å². The number of halogens is 2. The molecule has 0 aliphatic carbocycles. The smallest absolute Gasteiger partial charge is 0.407 e. The van der Waals surface area contributed by atoms with E-state index >= 15 is 0 Å². The Labute approximate surface area is 158 Å². The van der Waals surface area contributed by atoms with E-state index in [-0.39, 0.29) is 12.1 Å². The summed E-state index contributed by atoms with van der Waals surface area (Å²) in [6.07, 6.45) is 1.36. The summed E-state index contributed by atoms with van der Waals surface area (Å²) in [7, 11) is 0. The van der Waals surface area contributed by atoms with Crippen molar-refractivity contribution in [3.05, 3.63) is 33.9 Å². The molecule has 4 rings (SSSR count). The molecule has 2 aliphatic rings. The second kappa shape index (κ2) is 6.63. The number of anilines is 1. The van der Waals surface area contributed by atoms with Crippen LogP contribution in [0.25, 0.3) is 10.9 Å². The Morgan fingerprint density at radius 2 is 2.24 bits per heavy atom. The fourth-order valence-electron chi connectivity index (χ4n) is 3.78. The first-order chi connectivity index (χ1) is 12.0. The number of rotatable bonds is 1. The zero-order valence-corrected chi connectivity index (χ0v) is 15.7. The standard InChI is InChI=1S/C17H17BrClN3O3/c18-10-1-2-13-11(7-10)16(12(19)8-20-13)21-4-3-14-15(9-21)25-6-5-22(14)17(23)24/h1-2,7-8,14-15H,3-6,9H2,(H,23,24)/t14-,15-/m0/s1. The maximum Gasteiger partial charge on any atom is 0.407 e. The van der Waals surface area contributed by atoms with Gasteiger partial charge in [-0.2, -0.15) is 0 Å². The minimum Gasteiger partial charge on any atom is -0.465 e. The van der Waals surface area contributed by atoms with Crippen LogP contribution in [0.3, 0.4) is 0 Å². The van der Waals surface area contributed by atoms with Crippen molar-refractivity contribution in [1.29, 1.82) is 0 Å². The first kappa shape index (κ1) is 16.9. The van der Waals surface area contributed by atoms with Gasteiger partial charge in [0.05, 0.1) is 35.0 Å². The predicted molar refractivity (Wildman–Crippen MR) is 99.5 cm³/mol. The highest BCUT2D eigenvalue weighted by Gasteiger charge is 2.39. The Bertz CT molecular complexity index is 829. The van der Waals surface area contributed by atoms with E-state index in [1.807, 2.05) is 18.2 Å². The second-order valence-electron chi connectivity index (χ2n) is 6.30. The maximum atomic E-state index is 11.4. The first-order valence-corrected chi connectivity index (χ1v) is 9.31. The van der Waals surface area contributed by atoms with Crippen molar-refractivity contribution in [3.63, 3.8) is 0 Å². The van der Waals surface area contributed by atoms with Crippen LogP contribution in [0.5, 0.6) is 0 Å². The van der Waals surface area contributed by atoms with Crippen molar-refractivity contribution in [1.82, 2.24) is 9.88 Å². The number of hydrogen-bond donors (Lipinski definition) is 1. The lowest BCUT2D eigenvalue weighted by Gasteiger charge is -2.46. The van der Waals surface area contributed by atoms with Gasteiger partial charge in [0.1, 0.15) is 0 Å². The molecular formula is C17H17BrClN3O3. The summed E-state index contributed by atoms with van der Waals surface area (Å²) in [6.45, 7) is 2.19. The molecule has 6 nitrogen and oxygen atoms in total. The Kier molecular flexibility index (Phi) is 4.47. The van der Waals surface area contributed by atoms with E-state index in [9.17, 15) is 9.90 Å². The Hall–Kier alpha value is -1.57. The van der Waals surface area contributed by atoms with Crippen molar-refractivity contribution < 1.29 is 14.6 Å². The molecule has 25 heavy (non-hydrogen) atoms. The predicted octanol–water partition coefficient (Wildman–Crippen LogP) is 3.61. The average molecular weight is 427 g/mol. The quantitative estimate of drug-likeness (QED) is 0.754. The van der Waals surface area contributed by atoms with Crippen LogP contribution >= 0.6 is 27.5 Å². The van der Waals surface area contributed by atoms with Gasteiger partial charge < -0.3 is 19.6 Å². The molecule has 0 unspecified atom stereocenters. The highest BCUT2D eigenvalue weighted by atomic mass is 79.9. The highest BCUT2D eigenvalue weighted by Crippen LogP contribution is 2.37. The molecule has 2 atom stereocenters. The first-order valence-electron chi connectivity index (χ1n) is 8.14. The largest absolute Gasteiger partial charge is 0.465 e. The zero-order valence-electron chi connectivity index (χ0n) is 13.4. The third-order valence-corrected chi connectivity index (χ3v) is 5.68. The summed E-state index contributed by atoms with van der Waals surface area (Å²) in [6, 6.07) is 5.82. The Morgan fingerprint density at radius 3 is 3.04 bits per heavy atom. The molecular weight excluding hydrogens is 410 g/mol. The second-order valence-corrected chi connectivity index (χ2v) is 7.63. The molecule has 1 aromatic heterocycles. The van der Waals surface area contributed by atoms with Crippen LogP contribution < -0.4 is 4.90 Å². The fourth-order valence-corrected chi connectivity index (χ4v) is 4.41. The molecule has 1 aromatic carbocycles. The number of aromatic nitrogens is 1. The maximum absolute atomic E-state index is 11.4. The van der Waals surface area contributed by atoms with Gasteiger partial charge in [0, 0.05) is 35.7 Å². The van der Waals surface area contributed by atoms with E-state index in [1.54, 1.807) is 6.20 Å². The van der Waals surface area contributed by atoms with E-state index in [4.69, 9.17) is 16.3 Å². The molecule has 1 N–H and O–H groups in total. The van der Waals surface area contributed by atoms with Gasteiger partial charge >= 0.3 is 6.09 Å². The summed E-state index contributed by atoms with van der Waals surface area (Å²) in [5, 5.41) is 11.0. The molecule has 0 bridgehead atoms. The molecule has 132 valence electrons. The lowest BCUT2D eigenvalue weighted by molar-refractivity contribution is -0.0659. The molecule has 3 heterocycles. The van der Waals surface area contributed by atoms with Gasteiger partial charge in [-0.3, -0.25) is 4.98 Å². The number of benzene rings is 1. The molecule has 2 aromatic rings. The van der Waals surface area contributed by atoms with Crippen LogP contribution in [0.4, 0.5) is 10.5 Å². The molecule has 2 aliphatic heterocycles. The number of nitrogens with zero attached hydrogens (tertiary/aromatic N) is 3. The number of carbonyl (C=O) groups is 1. The highest BCUT2D eigenvalue weighted by molar-refractivity contribution is 9.10. The van der Waals surface area contributed by atoms with E-state index in [2.05, 4.69) is 25.8 Å². The van der Waals surface area contributed by atoms with E-state index < -0.39 is 6.09 Å². The third-order valence-electron chi connectivity index (χ3n) is 4.91. The number of hydrogen-bond acceptors (Lipinski definition) is 4. The van der Waals surface area contributed by atoms with Crippen LogP contribution in [0.1, 0.15) is 6.42 Å². The van der Waals surface area contributed by atoms with Crippen molar-refractivity contribution >= 4 is 50.2 Å². The lowest BCUT2D eigenvalue weighted by atomic mass is 9.97. The minimum absolute atomic E-state index is 0.0962. The molecule has 0 radical (unpaired) electrons. The summed E-state index contributed by atoms with van der Waals surface area (Å²) in [5.41, 5.74) is 1.81. The average Bonchev–Trinajstić information content (AvgIpc) is 2.60. The van der Waals surface area contributed by atoms with Crippen LogP contribution in [-0.4, -0.2) is 59.5 Å². The van der Waals surface area contributed by atoms with Crippen molar-refractivity contribution in [2.45, 2.75) is 18.6 Å². The van der Waals surface area contributed by atoms with Crippen LogP contribution in [0.2, 0.25) is 5.02 Å².